The maximum absolute atomic E-state index is 9.29. The minimum atomic E-state index is 0.520. The fourth-order valence-corrected chi connectivity index (χ4v) is 3.67. The Balaban J connectivity index is 1.48. The molecule has 2 aromatic carbocycles. The van der Waals surface area contributed by atoms with Gasteiger partial charge in [-0.2, -0.15) is 10.2 Å². The summed E-state index contributed by atoms with van der Waals surface area (Å²) in [6.07, 6.45) is 2.50. The lowest BCUT2D eigenvalue weighted by molar-refractivity contribution is 0.438. The van der Waals surface area contributed by atoms with Crippen molar-refractivity contribution in [1.29, 1.82) is 5.26 Å². The minimum Gasteiger partial charge on any atom is -0.372 e. The summed E-state index contributed by atoms with van der Waals surface area (Å²) in [5.74, 6) is 1.99. The van der Waals surface area contributed by atoms with Gasteiger partial charge in [0, 0.05) is 36.2 Å². The number of anilines is 5. The van der Waals surface area contributed by atoms with Crippen LogP contribution in [0.5, 0.6) is 0 Å². The van der Waals surface area contributed by atoms with E-state index in [9.17, 15) is 5.26 Å². The number of nitrogens with one attached hydrogen (secondary N) is 2. The molecule has 0 unspecified atom stereocenters. The summed E-state index contributed by atoms with van der Waals surface area (Å²) in [5.41, 5.74) is 4.34. The normalized spacial score (nSPS) is 14.2. The van der Waals surface area contributed by atoms with E-state index in [-0.39, 0.29) is 0 Å². The van der Waals surface area contributed by atoms with Gasteiger partial charge < -0.3 is 15.5 Å². The van der Waals surface area contributed by atoms with Gasteiger partial charge in [-0.05, 0) is 62.1 Å². The lowest BCUT2D eigenvalue weighted by Crippen LogP contribution is -2.32. The molecule has 4 rings (SSSR count). The smallest absolute Gasteiger partial charge is 0.229 e. The molecule has 0 atom stereocenters. The highest BCUT2D eigenvalue weighted by molar-refractivity contribution is 5.66. The average Bonchev–Trinajstić information content (AvgIpc) is 2.75. The minimum absolute atomic E-state index is 0.520. The third kappa shape index (κ3) is 4.69. The number of piperidine rings is 1. The van der Waals surface area contributed by atoms with E-state index >= 15 is 0 Å². The van der Waals surface area contributed by atoms with Gasteiger partial charge in [0.1, 0.15) is 11.9 Å². The first-order chi connectivity index (χ1) is 14.6. The molecule has 6 nitrogen and oxygen atoms in total. The van der Waals surface area contributed by atoms with Crippen molar-refractivity contribution in [1.82, 2.24) is 9.97 Å². The van der Waals surface area contributed by atoms with Crippen LogP contribution in [-0.2, 0) is 0 Å². The van der Waals surface area contributed by atoms with E-state index in [0.717, 1.165) is 36.1 Å². The van der Waals surface area contributed by atoms with E-state index in [1.54, 1.807) is 6.07 Å². The molecule has 30 heavy (non-hydrogen) atoms. The Hall–Kier alpha value is -3.59. The van der Waals surface area contributed by atoms with Crippen molar-refractivity contribution in [3.05, 3.63) is 65.9 Å². The van der Waals surface area contributed by atoms with Crippen LogP contribution in [0, 0.1) is 24.2 Å². The zero-order valence-corrected chi connectivity index (χ0v) is 17.4. The van der Waals surface area contributed by atoms with Crippen LogP contribution in [0.25, 0.3) is 0 Å². The van der Waals surface area contributed by atoms with E-state index in [0.29, 0.717) is 17.3 Å². The van der Waals surface area contributed by atoms with Crippen molar-refractivity contribution >= 4 is 28.8 Å². The van der Waals surface area contributed by atoms with Crippen LogP contribution in [0.4, 0.5) is 28.8 Å². The number of nitrogens with zero attached hydrogens (tertiary/aromatic N) is 4. The maximum atomic E-state index is 9.29. The Kier molecular flexibility index (Phi) is 5.80. The molecule has 1 aliphatic rings. The number of aromatic nitrogens is 2. The third-order valence-corrected chi connectivity index (χ3v) is 5.44. The lowest BCUT2D eigenvalue weighted by atomic mass is 9.99. The van der Waals surface area contributed by atoms with Gasteiger partial charge in [0.25, 0.3) is 0 Å². The molecule has 3 aromatic rings. The van der Waals surface area contributed by atoms with Crippen LogP contribution in [0.3, 0.4) is 0 Å². The molecule has 0 spiro atoms. The van der Waals surface area contributed by atoms with Gasteiger partial charge in [-0.15, -0.1) is 0 Å². The predicted octanol–water partition coefficient (Wildman–Crippen LogP) is 5.38. The van der Waals surface area contributed by atoms with Crippen molar-refractivity contribution in [2.24, 2.45) is 5.92 Å². The molecule has 0 amide bonds. The zero-order valence-electron chi connectivity index (χ0n) is 17.4. The summed E-state index contributed by atoms with van der Waals surface area (Å²) >= 11 is 0. The molecule has 1 saturated heterocycles. The van der Waals surface area contributed by atoms with Crippen LogP contribution in [-0.4, -0.2) is 23.1 Å². The number of aryl methyl sites for hydroxylation is 1. The average molecular weight is 399 g/mol. The fourth-order valence-electron chi connectivity index (χ4n) is 3.67. The second-order valence-corrected chi connectivity index (χ2v) is 7.84. The molecular weight excluding hydrogens is 372 g/mol. The first-order valence-electron chi connectivity index (χ1n) is 10.3. The maximum Gasteiger partial charge on any atom is 0.229 e. The summed E-state index contributed by atoms with van der Waals surface area (Å²) < 4.78 is 0. The number of rotatable bonds is 5. The van der Waals surface area contributed by atoms with Crippen molar-refractivity contribution in [2.75, 3.05) is 28.6 Å². The second-order valence-electron chi connectivity index (χ2n) is 7.84. The molecule has 1 fully saturated rings. The largest absolute Gasteiger partial charge is 0.372 e. The third-order valence-electron chi connectivity index (χ3n) is 5.44. The van der Waals surface area contributed by atoms with Gasteiger partial charge in [-0.1, -0.05) is 19.1 Å². The van der Waals surface area contributed by atoms with Gasteiger partial charge in [-0.3, -0.25) is 0 Å². The van der Waals surface area contributed by atoms with Crippen LogP contribution >= 0.6 is 0 Å². The molecule has 1 aromatic heterocycles. The summed E-state index contributed by atoms with van der Waals surface area (Å²) in [5, 5.41) is 15.8. The van der Waals surface area contributed by atoms with E-state index in [1.165, 1.54) is 18.5 Å². The Bertz CT molecular complexity index is 1050. The summed E-state index contributed by atoms with van der Waals surface area (Å²) in [6, 6.07) is 19.9. The van der Waals surface area contributed by atoms with Crippen LogP contribution in [0.15, 0.2) is 54.6 Å². The standard InChI is InChI=1S/C24H26N6/c1-17-11-13-30(14-12-17)21-9-7-20(8-10-21)27-24-26-18(2)15-23(29-24)28-22-6-4-3-5-19(22)16-25/h3-10,15,17H,11-14H2,1-2H3,(H2,26,27,28,29). The van der Waals surface area contributed by atoms with Gasteiger partial charge in [0.2, 0.25) is 5.95 Å². The van der Waals surface area contributed by atoms with E-state index in [1.807, 2.05) is 31.2 Å². The SMILES string of the molecule is Cc1cc(Nc2ccccc2C#N)nc(Nc2ccc(N3CCC(C)CC3)cc2)n1. The van der Waals surface area contributed by atoms with Gasteiger partial charge in [-0.25, -0.2) is 4.98 Å². The highest BCUT2D eigenvalue weighted by Crippen LogP contribution is 2.26. The highest BCUT2D eigenvalue weighted by atomic mass is 15.2. The van der Waals surface area contributed by atoms with Crippen LogP contribution < -0.4 is 15.5 Å². The van der Waals surface area contributed by atoms with Crippen LogP contribution in [0.1, 0.15) is 31.0 Å². The topological polar surface area (TPSA) is 76.9 Å². The molecule has 0 saturated carbocycles. The van der Waals surface area contributed by atoms with Gasteiger partial charge >= 0.3 is 0 Å². The van der Waals surface area contributed by atoms with E-state index < -0.39 is 0 Å². The van der Waals surface area contributed by atoms with E-state index in [4.69, 9.17) is 0 Å². The molecule has 2 N–H and O–H groups in total. The molecule has 152 valence electrons. The Morgan fingerprint density at radius 3 is 2.47 bits per heavy atom. The van der Waals surface area contributed by atoms with E-state index in [2.05, 4.69) is 62.8 Å². The zero-order chi connectivity index (χ0) is 20.9. The second kappa shape index (κ2) is 8.83. The Morgan fingerprint density at radius 2 is 1.73 bits per heavy atom. The van der Waals surface area contributed by atoms with Crippen molar-refractivity contribution in [2.45, 2.75) is 26.7 Å². The highest BCUT2D eigenvalue weighted by Gasteiger charge is 2.16. The van der Waals surface area contributed by atoms with Gasteiger partial charge in [0.15, 0.2) is 0 Å². The first kappa shape index (κ1) is 19.7. The lowest BCUT2D eigenvalue weighted by Gasteiger charge is -2.32. The monoisotopic (exact) mass is 398 g/mol. The van der Waals surface area contributed by atoms with Crippen molar-refractivity contribution < 1.29 is 0 Å². The molecule has 1 aliphatic heterocycles. The molecule has 6 heteroatoms. The number of hydrogen-bond donors (Lipinski definition) is 2. The number of benzene rings is 2. The van der Waals surface area contributed by atoms with Gasteiger partial charge in [0.05, 0.1) is 11.3 Å². The quantitative estimate of drug-likeness (QED) is 0.601. The Morgan fingerprint density at radius 1 is 1.00 bits per heavy atom. The number of nitriles is 1. The molecule has 2 heterocycles. The number of hydrogen-bond acceptors (Lipinski definition) is 6. The Labute approximate surface area is 177 Å². The molecule has 0 bridgehead atoms. The fraction of sp³-hybridized carbons (Fsp3) is 0.292. The summed E-state index contributed by atoms with van der Waals surface area (Å²) in [7, 11) is 0. The summed E-state index contributed by atoms with van der Waals surface area (Å²) in [6.45, 7) is 6.49. The van der Waals surface area contributed by atoms with Crippen molar-refractivity contribution in [3.63, 3.8) is 0 Å². The van der Waals surface area contributed by atoms with Crippen molar-refractivity contribution in [3.8, 4) is 6.07 Å². The van der Waals surface area contributed by atoms with Crippen LogP contribution in [0.2, 0.25) is 0 Å². The predicted molar refractivity (Wildman–Crippen MR) is 122 cm³/mol. The molecule has 0 aliphatic carbocycles. The first-order valence-corrected chi connectivity index (χ1v) is 10.3. The molecule has 0 radical (unpaired) electrons. The molecular formula is C24H26N6. The number of para-hydroxylation sites is 1. The summed E-state index contributed by atoms with van der Waals surface area (Å²) in [4.78, 5) is 11.5.